The third kappa shape index (κ3) is 4.51. The highest BCUT2D eigenvalue weighted by Gasteiger charge is 2.45. The number of hydrogen-bond donors (Lipinski definition) is 0. The highest BCUT2D eigenvalue weighted by molar-refractivity contribution is 5.73. The quantitative estimate of drug-likeness (QED) is 0.322. The molecule has 0 saturated carbocycles. The van der Waals surface area contributed by atoms with Gasteiger partial charge in [0, 0.05) is 11.8 Å². The maximum Gasteiger partial charge on any atom is 0.0115 e. The summed E-state index contributed by atoms with van der Waals surface area (Å²) >= 11 is 0. The highest BCUT2D eigenvalue weighted by atomic mass is 14.5. The molecular formula is C33H44. The van der Waals surface area contributed by atoms with Gasteiger partial charge in [-0.15, -0.1) is 0 Å². The second-order valence-electron chi connectivity index (χ2n) is 11.2. The molecule has 2 aliphatic rings. The van der Waals surface area contributed by atoms with E-state index in [1.54, 1.807) is 33.4 Å². The summed E-state index contributed by atoms with van der Waals surface area (Å²) in [7, 11) is 0. The number of fused-ring (bicyclic) bond motifs is 2. The van der Waals surface area contributed by atoms with E-state index in [2.05, 4.69) is 90.1 Å². The molecule has 0 nitrogen and oxygen atoms in total. The Balaban J connectivity index is 1.68. The zero-order valence-electron chi connectivity index (χ0n) is 21.9. The van der Waals surface area contributed by atoms with Crippen LogP contribution >= 0.6 is 0 Å². The fraction of sp³-hybridized carbons (Fsp3) is 0.515. The molecule has 0 fully saturated rings. The first kappa shape index (κ1) is 24.1. The van der Waals surface area contributed by atoms with Gasteiger partial charge in [-0.05, 0) is 78.3 Å². The third-order valence-electron chi connectivity index (χ3n) is 8.32. The van der Waals surface area contributed by atoms with Gasteiger partial charge in [-0.1, -0.05) is 113 Å². The predicted molar refractivity (Wildman–Crippen MR) is 146 cm³/mol. The molecule has 176 valence electrons. The monoisotopic (exact) mass is 440 g/mol. The van der Waals surface area contributed by atoms with Gasteiger partial charge >= 0.3 is 0 Å². The van der Waals surface area contributed by atoms with Gasteiger partial charge in [0.05, 0.1) is 0 Å². The lowest BCUT2D eigenvalue weighted by Gasteiger charge is -2.41. The second-order valence-corrected chi connectivity index (χ2v) is 11.2. The molecule has 2 aliphatic carbocycles. The first-order valence-corrected chi connectivity index (χ1v) is 13.5. The van der Waals surface area contributed by atoms with Crippen LogP contribution in [-0.2, 0) is 12.8 Å². The lowest BCUT2D eigenvalue weighted by molar-refractivity contribution is 0.275. The van der Waals surface area contributed by atoms with Crippen molar-refractivity contribution < 1.29 is 0 Å². The van der Waals surface area contributed by atoms with Gasteiger partial charge in [-0.2, -0.15) is 0 Å². The summed E-state index contributed by atoms with van der Waals surface area (Å²) < 4.78 is 0. The van der Waals surface area contributed by atoms with E-state index >= 15 is 0 Å². The molecule has 0 heteroatoms. The lowest BCUT2D eigenvalue weighted by Crippen LogP contribution is -2.29. The van der Waals surface area contributed by atoms with Crippen molar-refractivity contribution in [1.29, 1.82) is 0 Å². The van der Waals surface area contributed by atoms with Crippen molar-refractivity contribution in [2.75, 3.05) is 0 Å². The van der Waals surface area contributed by atoms with Gasteiger partial charge in [0.1, 0.15) is 0 Å². The van der Waals surface area contributed by atoms with Crippen LogP contribution in [0.1, 0.15) is 125 Å². The summed E-state index contributed by atoms with van der Waals surface area (Å²) in [6, 6.07) is 14.2. The Morgan fingerprint density at radius 2 is 1.06 bits per heavy atom. The molecule has 2 atom stereocenters. The first-order valence-electron chi connectivity index (χ1n) is 13.5. The smallest absolute Gasteiger partial charge is 0.0115 e. The molecule has 2 aromatic rings. The highest BCUT2D eigenvalue weighted by Crippen LogP contribution is 2.58. The van der Waals surface area contributed by atoms with E-state index < -0.39 is 0 Å². The topological polar surface area (TPSA) is 0 Å². The van der Waals surface area contributed by atoms with Gasteiger partial charge < -0.3 is 0 Å². The van der Waals surface area contributed by atoms with Crippen LogP contribution in [0.2, 0.25) is 0 Å². The molecule has 2 aromatic carbocycles. The van der Waals surface area contributed by atoms with Crippen LogP contribution in [-0.4, -0.2) is 0 Å². The van der Waals surface area contributed by atoms with Crippen molar-refractivity contribution >= 4 is 12.2 Å². The van der Waals surface area contributed by atoms with E-state index in [1.165, 1.54) is 62.5 Å². The van der Waals surface area contributed by atoms with Crippen molar-refractivity contribution in [2.45, 2.75) is 105 Å². The van der Waals surface area contributed by atoms with Crippen LogP contribution in [0.4, 0.5) is 0 Å². The van der Waals surface area contributed by atoms with Crippen LogP contribution in [0, 0.1) is 5.41 Å². The minimum absolute atomic E-state index is 0.127. The molecule has 0 radical (unpaired) electrons. The van der Waals surface area contributed by atoms with Gasteiger partial charge in [0.15, 0.2) is 0 Å². The average Bonchev–Trinajstić information content (AvgIpc) is 3.31. The van der Waals surface area contributed by atoms with Crippen LogP contribution in [0.3, 0.4) is 0 Å². The molecule has 0 amide bonds. The lowest BCUT2D eigenvalue weighted by atomic mass is 9.62. The van der Waals surface area contributed by atoms with Crippen molar-refractivity contribution in [3.8, 4) is 0 Å². The summed E-state index contributed by atoms with van der Waals surface area (Å²) in [5, 5.41) is 0. The van der Waals surface area contributed by atoms with Gasteiger partial charge in [-0.25, -0.2) is 0 Å². The summed E-state index contributed by atoms with van der Waals surface area (Å²) in [5.41, 5.74) is 12.5. The van der Waals surface area contributed by atoms with Gasteiger partial charge in [-0.3, -0.25) is 0 Å². The van der Waals surface area contributed by atoms with Gasteiger partial charge in [0.25, 0.3) is 0 Å². The maximum atomic E-state index is 2.52. The average molecular weight is 441 g/mol. The fourth-order valence-electron chi connectivity index (χ4n) is 6.94. The predicted octanol–water partition coefficient (Wildman–Crippen LogP) is 9.88. The molecule has 0 spiro atoms. The summed E-state index contributed by atoms with van der Waals surface area (Å²) in [5.74, 6) is 0.948. The standard InChI is InChI=1S/C33H44/c1-7-9-11-15-25-17-13-19-27-29(25)21-23(3)31(27)33(5,6)32-24(4)22-30-26(16-12-10-8-2)18-14-20-28(30)32/h13-14,17-22,31-32H,7-12,15-16H2,1-6H3. The number of benzene rings is 2. The van der Waals surface area contributed by atoms with Crippen molar-refractivity contribution in [2.24, 2.45) is 5.41 Å². The number of aryl methyl sites for hydroxylation is 2. The van der Waals surface area contributed by atoms with Crippen molar-refractivity contribution in [1.82, 2.24) is 0 Å². The molecule has 0 aliphatic heterocycles. The van der Waals surface area contributed by atoms with Gasteiger partial charge in [0.2, 0.25) is 0 Å². The molecule has 0 N–H and O–H groups in total. The summed E-state index contributed by atoms with van der Waals surface area (Å²) in [6.45, 7) is 14.4. The maximum absolute atomic E-state index is 2.52. The zero-order chi connectivity index (χ0) is 23.6. The minimum atomic E-state index is 0.127. The Morgan fingerprint density at radius 1 is 0.636 bits per heavy atom. The zero-order valence-corrected chi connectivity index (χ0v) is 21.9. The van der Waals surface area contributed by atoms with E-state index in [9.17, 15) is 0 Å². The Kier molecular flexibility index (Phi) is 7.32. The molecular weight excluding hydrogens is 396 g/mol. The molecule has 0 bridgehead atoms. The van der Waals surface area contributed by atoms with E-state index in [0.717, 1.165) is 0 Å². The molecule has 0 saturated heterocycles. The van der Waals surface area contributed by atoms with E-state index in [0.29, 0.717) is 11.8 Å². The van der Waals surface area contributed by atoms with Crippen LogP contribution < -0.4 is 0 Å². The molecule has 0 heterocycles. The third-order valence-corrected chi connectivity index (χ3v) is 8.32. The number of unbranched alkanes of at least 4 members (excludes halogenated alkanes) is 4. The van der Waals surface area contributed by atoms with E-state index in [1.807, 2.05) is 0 Å². The SMILES string of the molecule is CCCCCc1cccc2c1C=C(C)C2C(C)(C)C1C(C)=Cc2c(CCCCC)cccc21. The van der Waals surface area contributed by atoms with E-state index in [4.69, 9.17) is 0 Å². The number of rotatable bonds is 10. The molecule has 2 unspecified atom stereocenters. The number of allylic oxidation sites excluding steroid dienone is 2. The minimum Gasteiger partial charge on any atom is -0.0654 e. The van der Waals surface area contributed by atoms with Crippen LogP contribution in [0.25, 0.3) is 12.2 Å². The summed E-state index contributed by atoms with van der Waals surface area (Å²) in [4.78, 5) is 0. The Labute approximate surface area is 203 Å². The summed E-state index contributed by atoms with van der Waals surface area (Å²) in [6.07, 6.45) is 15.3. The molecule has 4 rings (SSSR count). The molecule has 33 heavy (non-hydrogen) atoms. The van der Waals surface area contributed by atoms with Crippen molar-refractivity contribution in [3.05, 3.63) is 80.9 Å². The van der Waals surface area contributed by atoms with Crippen LogP contribution in [0.5, 0.6) is 0 Å². The molecule has 0 aromatic heterocycles. The second kappa shape index (κ2) is 10.0. The Bertz CT molecular complexity index is 962. The number of hydrogen-bond acceptors (Lipinski definition) is 0. The fourth-order valence-corrected chi connectivity index (χ4v) is 6.94. The largest absolute Gasteiger partial charge is 0.0654 e. The van der Waals surface area contributed by atoms with Crippen LogP contribution in [0.15, 0.2) is 47.5 Å². The van der Waals surface area contributed by atoms with Crippen molar-refractivity contribution in [3.63, 3.8) is 0 Å². The normalized spacial score (nSPS) is 19.3. The first-order chi connectivity index (χ1) is 15.9. The Morgan fingerprint density at radius 3 is 1.45 bits per heavy atom. The van der Waals surface area contributed by atoms with E-state index in [-0.39, 0.29) is 5.41 Å². The Hall–Kier alpha value is -2.08.